The maximum Gasteiger partial charge on any atom is 0.248 e. The van der Waals surface area contributed by atoms with Crippen LogP contribution in [0.3, 0.4) is 0 Å². The Labute approximate surface area is 76.4 Å². The molecule has 0 bridgehead atoms. The van der Waals surface area contributed by atoms with Crippen LogP contribution in [0.15, 0.2) is 17.1 Å². The fourth-order valence-corrected chi connectivity index (χ4v) is 1.27. The van der Waals surface area contributed by atoms with Crippen molar-refractivity contribution in [2.45, 2.75) is 19.4 Å². The van der Waals surface area contributed by atoms with Crippen LogP contribution in [0.4, 0.5) is 0 Å². The molecule has 0 saturated heterocycles. The van der Waals surface area contributed by atoms with Gasteiger partial charge in [0.25, 0.3) is 0 Å². The number of aliphatic hydroxyl groups is 1. The van der Waals surface area contributed by atoms with Crippen LogP contribution in [-0.2, 0) is 5.54 Å². The third-order valence-corrected chi connectivity index (χ3v) is 2.07. The molecule has 0 saturated carbocycles. The van der Waals surface area contributed by atoms with Crippen molar-refractivity contribution in [3.05, 3.63) is 33.7 Å². The Hall–Kier alpha value is -1.13. The molecule has 4 N–H and O–H groups in total. The Morgan fingerprint density at radius 3 is 2.77 bits per heavy atom. The summed E-state index contributed by atoms with van der Waals surface area (Å²) in [6.07, 6.45) is 1.55. The minimum absolute atomic E-state index is 0.153. The highest BCUT2D eigenvalue weighted by atomic mass is 16.3. The van der Waals surface area contributed by atoms with E-state index in [0.717, 1.165) is 11.1 Å². The molecule has 1 atom stereocenters. The van der Waals surface area contributed by atoms with Gasteiger partial charge in [0.15, 0.2) is 0 Å². The van der Waals surface area contributed by atoms with Crippen LogP contribution in [0.2, 0.25) is 0 Å². The van der Waals surface area contributed by atoms with Crippen molar-refractivity contribution in [3.8, 4) is 0 Å². The summed E-state index contributed by atoms with van der Waals surface area (Å²) in [7, 11) is 0. The largest absolute Gasteiger partial charge is 0.394 e. The normalized spacial score (nSPS) is 15.4. The van der Waals surface area contributed by atoms with E-state index in [0.29, 0.717) is 0 Å². The molecule has 1 heterocycles. The zero-order chi connectivity index (χ0) is 10.1. The minimum Gasteiger partial charge on any atom is -0.394 e. The monoisotopic (exact) mass is 182 g/mol. The lowest BCUT2D eigenvalue weighted by Crippen LogP contribution is -2.38. The van der Waals surface area contributed by atoms with Crippen molar-refractivity contribution in [1.82, 2.24) is 4.98 Å². The molecule has 0 aliphatic rings. The van der Waals surface area contributed by atoms with Crippen LogP contribution in [-0.4, -0.2) is 16.7 Å². The van der Waals surface area contributed by atoms with E-state index < -0.39 is 5.54 Å². The van der Waals surface area contributed by atoms with Gasteiger partial charge >= 0.3 is 0 Å². The van der Waals surface area contributed by atoms with Gasteiger partial charge < -0.3 is 15.8 Å². The van der Waals surface area contributed by atoms with E-state index in [1.807, 2.05) is 0 Å². The predicted octanol–water partition coefficient (Wildman–Crippen LogP) is -0.150. The Kier molecular flexibility index (Phi) is 2.54. The molecule has 4 nitrogen and oxygen atoms in total. The average Bonchev–Trinajstić information content (AvgIpc) is 2.03. The highest BCUT2D eigenvalue weighted by molar-refractivity contribution is 5.28. The van der Waals surface area contributed by atoms with Crippen LogP contribution in [0.1, 0.15) is 18.1 Å². The van der Waals surface area contributed by atoms with Gasteiger partial charge in [0.1, 0.15) is 0 Å². The quantitative estimate of drug-likeness (QED) is 0.595. The van der Waals surface area contributed by atoms with Crippen LogP contribution in [0.25, 0.3) is 0 Å². The Bertz CT molecular complexity index is 355. The number of hydrogen-bond donors (Lipinski definition) is 3. The van der Waals surface area contributed by atoms with Crippen LogP contribution in [0, 0.1) is 6.92 Å². The summed E-state index contributed by atoms with van der Waals surface area (Å²) in [5, 5.41) is 9.02. The second-order valence-corrected chi connectivity index (χ2v) is 3.47. The van der Waals surface area contributed by atoms with Crippen molar-refractivity contribution in [2.75, 3.05) is 6.61 Å². The number of aromatic amines is 1. The molecule has 0 spiro atoms. The van der Waals surface area contributed by atoms with Gasteiger partial charge in [-0.1, -0.05) is 0 Å². The number of nitrogens with two attached hydrogens (primary N) is 1. The second kappa shape index (κ2) is 3.32. The van der Waals surface area contributed by atoms with Gasteiger partial charge in [-0.15, -0.1) is 0 Å². The number of aromatic nitrogens is 1. The average molecular weight is 182 g/mol. The number of aliphatic hydroxyl groups excluding tert-OH is 1. The molecule has 1 rings (SSSR count). The summed E-state index contributed by atoms with van der Waals surface area (Å²) in [5.74, 6) is 0. The van der Waals surface area contributed by atoms with Gasteiger partial charge in [0, 0.05) is 12.3 Å². The minimum atomic E-state index is -0.797. The number of H-pyrrole nitrogens is 1. The Balaban J connectivity index is 3.23. The van der Waals surface area contributed by atoms with E-state index in [4.69, 9.17) is 10.8 Å². The second-order valence-electron chi connectivity index (χ2n) is 3.47. The first-order valence-electron chi connectivity index (χ1n) is 4.07. The molecule has 0 fully saturated rings. The summed E-state index contributed by atoms with van der Waals surface area (Å²) in [6.45, 7) is 3.36. The smallest absolute Gasteiger partial charge is 0.248 e. The van der Waals surface area contributed by atoms with Crippen molar-refractivity contribution in [1.29, 1.82) is 0 Å². The molecule has 0 radical (unpaired) electrons. The topological polar surface area (TPSA) is 79.1 Å². The van der Waals surface area contributed by atoms with Crippen LogP contribution < -0.4 is 11.3 Å². The fraction of sp³-hybridized carbons (Fsp3) is 0.444. The standard InChI is InChI=1S/C9H14N2O2/c1-6-3-8(13)11-4-7(6)9(2,10)5-12/h3-4,12H,5,10H2,1-2H3,(H,11,13)/t9-/m1/s1. The molecular formula is C9H14N2O2. The van der Waals surface area contributed by atoms with Gasteiger partial charge in [0.2, 0.25) is 5.56 Å². The van der Waals surface area contributed by atoms with Crippen LogP contribution in [0.5, 0.6) is 0 Å². The van der Waals surface area contributed by atoms with E-state index >= 15 is 0 Å². The molecule has 4 heteroatoms. The number of rotatable bonds is 2. The van der Waals surface area contributed by atoms with Gasteiger partial charge in [-0.05, 0) is 25.0 Å². The summed E-state index contributed by atoms with van der Waals surface area (Å²) in [6, 6.07) is 1.47. The Morgan fingerprint density at radius 2 is 2.31 bits per heavy atom. The van der Waals surface area contributed by atoms with Gasteiger partial charge in [-0.2, -0.15) is 0 Å². The molecule has 0 amide bonds. The van der Waals surface area contributed by atoms with Gasteiger partial charge in [-0.3, -0.25) is 4.79 Å². The molecule has 0 aromatic carbocycles. The highest BCUT2D eigenvalue weighted by Crippen LogP contribution is 2.18. The van der Waals surface area contributed by atoms with Crippen molar-refractivity contribution in [2.24, 2.45) is 5.73 Å². The SMILES string of the molecule is Cc1cc(=O)[nH]cc1[C@](C)(N)CO. The van der Waals surface area contributed by atoms with Crippen molar-refractivity contribution in [3.63, 3.8) is 0 Å². The summed E-state index contributed by atoms with van der Waals surface area (Å²) in [5.41, 5.74) is 6.41. The molecule has 0 unspecified atom stereocenters. The first-order chi connectivity index (χ1) is 5.97. The molecule has 0 aliphatic heterocycles. The first kappa shape index (κ1) is 9.95. The third kappa shape index (κ3) is 1.96. The molecule has 0 aliphatic carbocycles. The predicted molar refractivity (Wildman–Crippen MR) is 50.4 cm³/mol. The van der Waals surface area contributed by atoms with Crippen molar-refractivity contribution < 1.29 is 5.11 Å². The number of aryl methyl sites for hydroxylation is 1. The highest BCUT2D eigenvalue weighted by Gasteiger charge is 2.21. The molecule has 13 heavy (non-hydrogen) atoms. The maximum absolute atomic E-state index is 10.9. The summed E-state index contributed by atoms with van der Waals surface area (Å²) in [4.78, 5) is 13.4. The molecular weight excluding hydrogens is 168 g/mol. The zero-order valence-electron chi connectivity index (χ0n) is 7.79. The fourth-order valence-electron chi connectivity index (χ4n) is 1.27. The zero-order valence-corrected chi connectivity index (χ0v) is 7.79. The summed E-state index contributed by atoms with van der Waals surface area (Å²) >= 11 is 0. The van der Waals surface area contributed by atoms with E-state index in [9.17, 15) is 4.79 Å². The van der Waals surface area contributed by atoms with Crippen LogP contribution >= 0.6 is 0 Å². The lowest BCUT2D eigenvalue weighted by atomic mass is 9.92. The van der Waals surface area contributed by atoms with Crippen molar-refractivity contribution >= 4 is 0 Å². The first-order valence-corrected chi connectivity index (χ1v) is 4.07. The lowest BCUT2D eigenvalue weighted by molar-refractivity contribution is 0.209. The molecule has 72 valence electrons. The van der Waals surface area contributed by atoms with E-state index in [-0.39, 0.29) is 12.2 Å². The number of pyridine rings is 1. The summed E-state index contributed by atoms with van der Waals surface area (Å²) < 4.78 is 0. The van der Waals surface area contributed by atoms with E-state index in [2.05, 4.69) is 4.98 Å². The third-order valence-electron chi connectivity index (χ3n) is 2.07. The molecule has 1 aromatic heterocycles. The van der Waals surface area contributed by atoms with Gasteiger partial charge in [-0.25, -0.2) is 0 Å². The lowest BCUT2D eigenvalue weighted by Gasteiger charge is -2.23. The molecule has 1 aromatic rings. The van der Waals surface area contributed by atoms with E-state index in [1.165, 1.54) is 6.07 Å². The van der Waals surface area contributed by atoms with Gasteiger partial charge in [0.05, 0.1) is 12.1 Å². The van der Waals surface area contributed by atoms with E-state index in [1.54, 1.807) is 20.0 Å². The number of nitrogens with one attached hydrogen (secondary N) is 1. The maximum atomic E-state index is 10.9. The number of hydrogen-bond acceptors (Lipinski definition) is 3. The Morgan fingerprint density at radius 1 is 1.69 bits per heavy atom.